The SMILES string of the molecule is O=C(Cn1cncn1)Nc1ccc(F)c(Br)c1. The number of hydrogen-bond donors (Lipinski definition) is 1. The van der Waals surface area contributed by atoms with Gasteiger partial charge in [-0.05, 0) is 34.1 Å². The molecule has 0 radical (unpaired) electrons. The van der Waals surface area contributed by atoms with Crippen molar-refractivity contribution in [2.75, 3.05) is 5.32 Å². The molecular formula is C10H8BrFN4O. The second-order valence-electron chi connectivity index (χ2n) is 3.27. The molecule has 0 atom stereocenters. The zero-order valence-corrected chi connectivity index (χ0v) is 10.2. The topological polar surface area (TPSA) is 59.8 Å². The van der Waals surface area contributed by atoms with Crippen molar-refractivity contribution in [3.05, 3.63) is 41.1 Å². The lowest BCUT2D eigenvalue weighted by atomic mass is 10.3. The number of hydrogen-bond acceptors (Lipinski definition) is 3. The number of rotatable bonds is 3. The zero-order valence-electron chi connectivity index (χ0n) is 8.60. The molecule has 0 unspecified atom stereocenters. The molecule has 1 heterocycles. The third-order valence-corrected chi connectivity index (χ3v) is 2.58. The van der Waals surface area contributed by atoms with Crippen LogP contribution in [0.3, 0.4) is 0 Å². The monoisotopic (exact) mass is 298 g/mol. The van der Waals surface area contributed by atoms with Gasteiger partial charge in [-0.2, -0.15) is 5.10 Å². The summed E-state index contributed by atoms with van der Waals surface area (Å²) in [4.78, 5) is 15.3. The molecule has 0 saturated carbocycles. The van der Waals surface area contributed by atoms with Crippen molar-refractivity contribution in [1.29, 1.82) is 0 Å². The average molecular weight is 299 g/mol. The first-order valence-corrected chi connectivity index (χ1v) is 5.52. The quantitative estimate of drug-likeness (QED) is 0.940. The second-order valence-corrected chi connectivity index (χ2v) is 4.12. The van der Waals surface area contributed by atoms with E-state index in [1.807, 2.05) is 0 Å². The largest absolute Gasteiger partial charge is 0.324 e. The number of anilines is 1. The Morgan fingerprint density at radius 1 is 1.53 bits per heavy atom. The summed E-state index contributed by atoms with van der Waals surface area (Å²) in [5.74, 6) is -0.631. The van der Waals surface area contributed by atoms with Crippen LogP contribution in [0.5, 0.6) is 0 Å². The van der Waals surface area contributed by atoms with Crippen LogP contribution < -0.4 is 5.32 Å². The van der Waals surface area contributed by atoms with Gasteiger partial charge in [-0.25, -0.2) is 14.1 Å². The van der Waals surface area contributed by atoms with Gasteiger partial charge in [0.05, 0.1) is 4.47 Å². The first-order chi connectivity index (χ1) is 8.15. The molecule has 0 spiro atoms. The molecule has 0 saturated heterocycles. The normalized spacial score (nSPS) is 10.2. The van der Waals surface area contributed by atoms with Crippen LogP contribution in [0.15, 0.2) is 35.3 Å². The molecule has 1 N–H and O–H groups in total. The highest BCUT2D eigenvalue weighted by Crippen LogP contribution is 2.19. The molecule has 88 valence electrons. The highest BCUT2D eigenvalue weighted by atomic mass is 79.9. The lowest BCUT2D eigenvalue weighted by molar-refractivity contribution is -0.116. The Labute approximate surface area is 105 Å². The number of benzene rings is 1. The molecule has 1 aromatic carbocycles. The van der Waals surface area contributed by atoms with Crippen LogP contribution in [0, 0.1) is 5.82 Å². The average Bonchev–Trinajstić information content (AvgIpc) is 2.76. The first-order valence-electron chi connectivity index (χ1n) is 4.72. The minimum absolute atomic E-state index is 0.0645. The Hall–Kier alpha value is -1.76. The van der Waals surface area contributed by atoms with Crippen LogP contribution in [-0.2, 0) is 11.3 Å². The van der Waals surface area contributed by atoms with Crippen molar-refractivity contribution in [2.24, 2.45) is 0 Å². The maximum atomic E-state index is 13.0. The third-order valence-electron chi connectivity index (χ3n) is 1.98. The van der Waals surface area contributed by atoms with E-state index in [2.05, 4.69) is 31.3 Å². The molecule has 17 heavy (non-hydrogen) atoms. The summed E-state index contributed by atoms with van der Waals surface area (Å²) in [6.45, 7) is 0.0645. The molecule has 5 nitrogen and oxygen atoms in total. The molecule has 0 bridgehead atoms. The minimum Gasteiger partial charge on any atom is -0.324 e. The van der Waals surface area contributed by atoms with E-state index in [1.165, 1.54) is 35.5 Å². The Morgan fingerprint density at radius 2 is 2.35 bits per heavy atom. The Morgan fingerprint density at radius 3 is 3.00 bits per heavy atom. The zero-order chi connectivity index (χ0) is 12.3. The van der Waals surface area contributed by atoms with Gasteiger partial charge in [-0.3, -0.25) is 4.79 Å². The summed E-state index contributed by atoms with van der Waals surface area (Å²) in [7, 11) is 0. The van der Waals surface area contributed by atoms with Gasteiger partial charge in [0.1, 0.15) is 25.0 Å². The van der Waals surface area contributed by atoms with Crippen LogP contribution in [0.4, 0.5) is 10.1 Å². The molecule has 0 fully saturated rings. The number of halogens is 2. The van der Waals surface area contributed by atoms with Crippen molar-refractivity contribution >= 4 is 27.5 Å². The predicted molar refractivity (Wildman–Crippen MR) is 62.8 cm³/mol. The smallest absolute Gasteiger partial charge is 0.246 e. The van der Waals surface area contributed by atoms with Gasteiger partial charge in [0.2, 0.25) is 5.91 Å². The maximum absolute atomic E-state index is 13.0. The van der Waals surface area contributed by atoms with Gasteiger partial charge in [0, 0.05) is 5.69 Å². The van der Waals surface area contributed by atoms with Gasteiger partial charge in [0.15, 0.2) is 0 Å². The van der Waals surface area contributed by atoms with Crippen LogP contribution in [0.2, 0.25) is 0 Å². The van der Waals surface area contributed by atoms with E-state index in [-0.39, 0.29) is 18.3 Å². The number of nitrogens with zero attached hydrogens (tertiary/aromatic N) is 3. The summed E-state index contributed by atoms with van der Waals surface area (Å²) in [5, 5.41) is 6.43. The lowest BCUT2D eigenvalue weighted by Crippen LogP contribution is -2.19. The molecular weight excluding hydrogens is 291 g/mol. The fourth-order valence-corrected chi connectivity index (χ4v) is 1.61. The van der Waals surface area contributed by atoms with Crippen molar-refractivity contribution in [3.63, 3.8) is 0 Å². The summed E-state index contributed by atoms with van der Waals surface area (Å²) < 4.78 is 14.7. The van der Waals surface area contributed by atoms with Gasteiger partial charge in [-0.15, -0.1) is 0 Å². The van der Waals surface area contributed by atoms with Gasteiger partial charge in [0.25, 0.3) is 0 Å². The molecule has 0 aliphatic rings. The summed E-state index contributed by atoms with van der Waals surface area (Å²) in [5.41, 5.74) is 0.517. The summed E-state index contributed by atoms with van der Waals surface area (Å²) in [6.07, 6.45) is 2.79. The molecule has 7 heteroatoms. The van der Waals surface area contributed by atoms with Gasteiger partial charge < -0.3 is 5.32 Å². The lowest BCUT2D eigenvalue weighted by Gasteiger charge is -2.05. The first kappa shape index (κ1) is 11.7. The van der Waals surface area contributed by atoms with E-state index in [4.69, 9.17) is 0 Å². The standard InChI is InChI=1S/C10H8BrFN4O/c11-8-3-7(1-2-9(8)12)15-10(17)4-16-6-13-5-14-16/h1-3,5-6H,4H2,(H,15,17). The summed E-state index contributed by atoms with van der Waals surface area (Å²) >= 11 is 3.04. The molecule has 2 aromatic rings. The fraction of sp³-hybridized carbons (Fsp3) is 0.100. The van der Waals surface area contributed by atoms with Gasteiger partial charge >= 0.3 is 0 Å². The van der Waals surface area contributed by atoms with Crippen LogP contribution >= 0.6 is 15.9 Å². The van der Waals surface area contributed by atoms with Crippen molar-refractivity contribution in [2.45, 2.75) is 6.54 Å². The number of carbonyl (C=O) groups excluding carboxylic acids is 1. The maximum Gasteiger partial charge on any atom is 0.246 e. The summed E-state index contributed by atoms with van der Waals surface area (Å²) in [6, 6.07) is 4.25. The Kier molecular flexibility index (Phi) is 3.48. The van der Waals surface area contributed by atoms with E-state index in [0.29, 0.717) is 10.2 Å². The van der Waals surface area contributed by atoms with Crippen LogP contribution in [-0.4, -0.2) is 20.7 Å². The number of aromatic nitrogens is 3. The number of nitrogens with one attached hydrogen (secondary N) is 1. The number of amides is 1. The number of carbonyl (C=O) groups is 1. The Bertz CT molecular complexity index is 529. The molecule has 2 rings (SSSR count). The van der Waals surface area contributed by atoms with Crippen molar-refractivity contribution < 1.29 is 9.18 Å². The highest BCUT2D eigenvalue weighted by molar-refractivity contribution is 9.10. The fourth-order valence-electron chi connectivity index (χ4n) is 1.24. The molecule has 0 aliphatic carbocycles. The van der Waals surface area contributed by atoms with E-state index in [1.54, 1.807) is 0 Å². The van der Waals surface area contributed by atoms with E-state index < -0.39 is 0 Å². The van der Waals surface area contributed by atoms with E-state index in [0.717, 1.165) is 0 Å². The highest BCUT2D eigenvalue weighted by Gasteiger charge is 2.06. The second kappa shape index (κ2) is 5.05. The molecule has 1 aromatic heterocycles. The van der Waals surface area contributed by atoms with Crippen LogP contribution in [0.1, 0.15) is 0 Å². The van der Waals surface area contributed by atoms with Crippen molar-refractivity contribution in [3.8, 4) is 0 Å². The molecule has 1 amide bonds. The van der Waals surface area contributed by atoms with E-state index in [9.17, 15) is 9.18 Å². The van der Waals surface area contributed by atoms with Crippen molar-refractivity contribution in [1.82, 2.24) is 14.8 Å². The van der Waals surface area contributed by atoms with Crippen LogP contribution in [0.25, 0.3) is 0 Å². The van der Waals surface area contributed by atoms with E-state index >= 15 is 0 Å². The third kappa shape index (κ3) is 3.10. The predicted octanol–water partition coefficient (Wildman–Crippen LogP) is 1.82. The minimum atomic E-state index is -0.376. The molecule has 0 aliphatic heterocycles. The van der Waals surface area contributed by atoms with Gasteiger partial charge in [-0.1, -0.05) is 0 Å². The Balaban J connectivity index is 2.00.